The molecule has 2 heteroatoms. The molecule has 100 valence electrons. The summed E-state index contributed by atoms with van der Waals surface area (Å²) in [4.78, 5) is 2.33. The van der Waals surface area contributed by atoms with Crippen molar-refractivity contribution in [3.05, 3.63) is 34.9 Å². The molecule has 0 radical (unpaired) electrons. The van der Waals surface area contributed by atoms with Crippen molar-refractivity contribution in [1.29, 1.82) is 0 Å². The molecule has 0 aliphatic heterocycles. The van der Waals surface area contributed by atoms with E-state index in [-0.39, 0.29) is 12.1 Å². The number of hydrogen-bond donors (Lipinski definition) is 1. The lowest BCUT2D eigenvalue weighted by atomic mass is 9.98. The Morgan fingerprint density at radius 3 is 2.67 bits per heavy atom. The summed E-state index contributed by atoms with van der Waals surface area (Å²) in [6, 6.07) is 6.92. The molecular formula is C16H25NO. The lowest BCUT2D eigenvalue weighted by Crippen LogP contribution is -2.41. The lowest BCUT2D eigenvalue weighted by Gasteiger charge is -2.35. The Kier molecular flexibility index (Phi) is 4.08. The number of rotatable bonds is 5. The van der Waals surface area contributed by atoms with Gasteiger partial charge in [0.2, 0.25) is 0 Å². The Labute approximate surface area is 111 Å². The quantitative estimate of drug-likeness (QED) is 0.865. The van der Waals surface area contributed by atoms with Gasteiger partial charge in [-0.15, -0.1) is 0 Å². The SMILES string of the molecule is CN(Cc1ccc2c(c1)CCC2)C(C)(C)CCO. The maximum Gasteiger partial charge on any atom is 0.0448 e. The summed E-state index contributed by atoms with van der Waals surface area (Å²) in [5, 5.41) is 9.12. The molecule has 0 unspecified atom stereocenters. The van der Waals surface area contributed by atoms with E-state index in [0.717, 1.165) is 13.0 Å². The Morgan fingerprint density at radius 2 is 1.94 bits per heavy atom. The molecule has 1 aliphatic carbocycles. The molecule has 1 aromatic rings. The predicted octanol–water partition coefficient (Wildman–Crippen LogP) is 2.77. The second-order valence-electron chi connectivity index (χ2n) is 6.10. The molecule has 0 saturated carbocycles. The van der Waals surface area contributed by atoms with Gasteiger partial charge in [0.15, 0.2) is 0 Å². The smallest absolute Gasteiger partial charge is 0.0448 e. The van der Waals surface area contributed by atoms with Crippen LogP contribution in [-0.2, 0) is 19.4 Å². The van der Waals surface area contributed by atoms with Crippen molar-refractivity contribution >= 4 is 0 Å². The summed E-state index contributed by atoms with van der Waals surface area (Å²) in [5.74, 6) is 0. The van der Waals surface area contributed by atoms with E-state index in [0.29, 0.717) is 0 Å². The van der Waals surface area contributed by atoms with Crippen LogP contribution in [0.1, 0.15) is 43.4 Å². The molecule has 1 aliphatic rings. The van der Waals surface area contributed by atoms with E-state index < -0.39 is 0 Å². The number of fused-ring (bicyclic) bond motifs is 1. The van der Waals surface area contributed by atoms with Crippen LogP contribution in [0.3, 0.4) is 0 Å². The fourth-order valence-electron chi connectivity index (χ4n) is 2.68. The Hall–Kier alpha value is -0.860. The molecule has 0 saturated heterocycles. The number of aliphatic hydroxyl groups excluding tert-OH is 1. The molecule has 0 heterocycles. The maximum atomic E-state index is 9.12. The molecule has 18 heavy (non-hydrogen) atoms. The highest BCUT2D eigenvalue weighted by atomic mass is 16.3. The summed E-state index contributed by atoms with van der Waals surface area (Å²) < 4.78 is 0. The minimum absolute atomic E-state index is 0.0494. The number of aliphatic hydroxyl groups is 1. The minimum atomic E-state index is 0.0494. The number of hydrogen-bond acceptors (Lipinski definition) is 2. The van der Waals surface area contributed by atoms with Crippen molar-refractivity contribution in [3.63, 3.8) is 0 Å². The van der Waals surface area contributed by atoms with Gasteiger partial charge in [0, 0.05) is 18.7 Å². The fraction of sp³-hybridized carbons (Fsp3) is 0.625. The molecule has 0 bridgehead atoms. The van der Waals surface area contributed by atoms with Crippen molar-refractivity contribution in [3.8, 4) is 0 Å². The van der Waals surface area contributed by atoms with Crippen LogP contribution >= 0.6 is 0 Å². The molecule has 2 rings (SSSR count). The van der Waals surface area contributed by atoms with E-state index in [9.17, 15) is 0 Å². The van der Waals surface area contributed by atoms with Crippen LogP contribution in [0.2, 0.25) is 0 Å². The zero-order valence-corrected chi connectivity index (χ0v) is 11.9. The van der Waals surface area contributed by atoms with Crippen molar-refractivity contribution in [2.75, 3.05) is 13.7 Å². The van der Waals surface area contributed by atoms with Crippen LogP contribution in [0.5, 0.6) is 0 Å². The molecule has 0 atom stereocenters. The zero-order chi connectivity index (χ0) is 13.2. The van der Waals surface area contributed by atoms with Crippen LogP contribution in [0, 0.1) is 0 Å². The maximum absolute atomic E-state index is 9.12. The van der Waals surface area contributed by atoms with Gasteiger partial charge in [-0.3, -0.25) is 4.90 Å². The van der Waals surface area contributed by atoms with Crippen molar-refractivity contribution in [2.24, 2.45) is 0 Å². The normalized spacial score (nSPS) is 15.2. The second-order valence-corrected chi connectivity index (χ2v) is 6.10. The monoisotopic (exact) mass is 247 g/mol. The van der Waals surface area contributed by atoms with Crippen molar-refractivity contribution < 1.29 is 5.11 Å². The molecule has 2 nitrogen and oxygen atoms in total. The van der Waals surface area contributed by atoms with E-state index in [4.69, 9.17) is 5.11 Å². The topological polar surface area (TPSA) is 23.5 Å². The lowest BCUT2D eigenvalue weighted by molar-refractivity contribution is 0.110. The highest BCUT2D eigenvalue weighted by molar-refractivity contribution is 5.35. The van der Waals surface area contributed by atoms with Gasteiger partial charge in [-0.2, -0.15) is 0 Å². The van der Waals surface area contributed by atoms with Gasteiger partial charge in [-0.1, -0.05) is 18.2 Å². The van der Waals surface area contributed by atoms with E-state index in [1.165, 1.54) is 30.4 Å². The molecule has 1 N–H and O–H groups in total. The van der Waals surface area contributed by atoms with E-state index in [1.54, 1.807) is 5.56 Å². The van der Waals surface area contributed by atoms with Gasteiger partial charge >= 0.3 is 0 Å². The average Bonchev–Trinajstić information content (AvgIpc) is 2.76. The molecular weight excluding hydrogens is 222 g/mol. The average molecular weight is 247 g/mol. The third kappa shape index (κ3) is 2.93. The van der Waals surface area contributed by atoms with Gasteiger partial charge in [-0.05, 0) is 63.3 Å². The predicted molar refractivity (Wildman–Crippen MR) is 75.7 cm³/mol. The van der Waals surface area contributed by atoms with Gasteiger partial charge in [0.25, 0.3) is 0 Å². The Morgan fingerprint density at radius 1 is 1.22 bits per heavy atom. The second kappa shape index (κ2) is 5.41. The summed E-state index contributed by atoms with van der Waals surface area (Å²) in [6.07, 6.45) is 4.62. The summed E-state index contributed by atoms with van der Waals surface area (Å²) in [7, 11) is 2.14. The highest BCUT2D eigenvalue weighted by Gasteiger charge is 2.23. The third-order valence-electron chi connectivity index (χ3n) is 4.34. The van der Waals surface area contributed by atoms with Gasteiger partial charge in [-0.25, -0.2) is 0 Å². The van der Waals surface area contributed by atoms with Crippen LogP contribution in [0.25, 0.3) is 0 Å². The molecule has 0 amide bonds. The molecule has 0 fully saturated rings. The first kappa shape index (κ1) is 13.6. The van der Waals surface area contributed by atoms with Crippen LogP contribution in [0.4, 0.5) is 0 Å². The fourth-order valence-corrected chi connectivity index (χ4v) is 2.68. The van der Waals surface area contributed by atoms with Crippen LogP contribution in [0.15, 0.2) is 18.2 Å². The zero-order valence-electron chi connectivity index (χ0n) is 11.9. The summed E-state index contributed by atoms with van der Waals surface area (Å²) >= 11 is 0. The molecule has 1 aromatic carbocycles. The number of benzene rings is 1. The third-order valence-corrected chi connectivity index (χ3v) is 4.34. The summed E-state index contributed by atoms with van der Waals surface area (Å²) in [6.45, 7) is 5.59. The summed E-state index contributed by atoms with van der Waals surface area (Å²) in [5.41, 5.74) is 4.52. The molecule has 0 spiro atoms. The largest absolute Gasteiger partial charge is 0.396 e. The number of nitrogens with zero attached hydrogens (tertiary/aromatic N) is 1. The van der Waals surface area contributed by atoms with Crippen LogP contribution in [-0.4, -0.2) is 29.2 Å². The van der Waals surface area contributed by atoms with Crippen molar-refractivity contribution in [2.45, 2.75) is 51.6 Å². The van der Waals surface area contributed by atoms with Gasteiger partial charge in [0.1, 0.15) is 0 Å². The van der Waals surface area contributed by atoms with E-state index in [1.807, 2.05) is 0 Å². The van der Waals surface area contributed by atoms with Crippen LogP contribution < -0.4 is 0 Å². The first-order valence-electron chi connectivity index (χ1n) is 6.96. The van der Waals surface area contributed by atoms with Gasteiger partial charge in [0.05, 0.1) is 0 Å². The standard InChI is InChI=1S/C16H25NO/c1-16(2,9-10-18)17(3)12-13-7-8-14-5-4-6-15(14)11-13/h7-8,11,18H,4-6,9-10,12H2,1-3H3. The Bertz CT molecular complexity index is 412. The highest BCUT2D eigenvalue weighted by Crippen LogP contribution is 2.25. The van der Waals surface area contributed by atoms with Crippen molar-refractivity contribution in [1.82, 2.24) is 4.90 Å². The molecule has 0 aromatic heterocycles. The number of aryl methyl sites for hydroxylation is 2. The van der Waals surface area contributed by atoms with Gasteiger partial charge < -0.3 is 5.11 Å². The minimum Gasteiger partial charge on any atom is -0.396 e. The first-order chi connectivity index (χ1) is 8.53. The Balaban J connectivity index is 2.05. The van der Waals surface area contributed by atoms with E-state index >= 15 is 0 Å². The van der Waals surface area contributed by atoms with E-state index in [2.05, 4.69) is 44.0 Å². The first-order valence-corrected chi connectivity index (χ1v) is 6.96.